The van der Waals surface area contributed by atoms with Crippen molar-refractivity contribution < 1.29 is 0 Å². The number of aryl methyl sites for hydroxylation is 1. The number of rotatable bonds is 3. The topological polar surface area (TPSA) is 24.9 Å². The molecule has 2 atom stereocenters. The lowest BCUT2D eigenvalue weighted by molar-refractivity contribution is 0.582. The largest absolute Gasteiger partial charge is 0.312 e. The maximum Gasteiger partial charge on any atom is 0.0962 e. The normalized spacial score (nSPS) is 20.0. The molecule has 3 heteroatoms. The minimum atomic E-state index is 0.405. The van der Waals surface area contributed by atoms with E-state index in [1.54, 1.807) is 0 Å². The lowest BCUT2D eigenvalue weighted by atomic mass is 9.84. The molecule has 0 fully saturated rings. The zero-order chi connectivity index (χ0) is 13.2. The molecule has 1 N–H and O–H groups in total. The summed E-state index contributed by atoms with van der Waals surface area (Å²) in [6.45, 7) is 2.19. The molecule has 0 radical (unpaired) electrons. The predicted octanol–water partition coefficient (Wildman–Crippen LogP) is 3.70. The van der Waals surface area contributed by atoms with E-state index in [-0.39, 0.29) is 0 Å². The third-order valence-electron chi connectivity index (χ3n) is 4.10. The van der Waals surface area contributed by atoms with E-state index in [1.807, 2.05) is 24.6 Å². The van der Waals surface area contributed by atoms with Crippen LogP contribution in [0, 0.1) is 0 Å². The summed E-state index contributed by atoms with van der Waals surface area (Å²) in [5.41, 5.74) is 3.04. The predicted molar refractivity (Wildman–Crippen MR) is 80.8 cm³/mol. The molecule has 1 aromatic carbocycles. The van der Waals surface area contributed by atoms with Crippen molar-refractivity contribution in [3.8, 4) is 0 Å². The van der Waals surface area contributed by atoms with Crippen LogP contribution in [0.2, 0.25) is 0 Å². The third-order valence-corrected chi connectivity index (χ3v) is 5.44. The van der Waals surface area contributed by atoms with Gasteiger partial charge in [-0.2, -0.15) is 0 Å². The van der Waals surface area contributed by atoms with Crippen molar-refractivity contribution in [3.05, 3.63) is 51.5 Å². The summed E-state index contributed by atoms with van der Waals surface area (Å²) < 4.78 is 0. The van der Waals surface area contributed by atoms with Crippen molar-refractivity contribution in [3.63, 3.8) is 0 Å². The van der Waals surface area contributed by atoms with Gasteiger partial charge in [-0.05, 0) is 44.4 Å². The molecule has 3 rings (SSSR count). The summed E-state index contributed by atoms with van der Waals surface area (Å²) in [6.07, 6.45) is 5.62. The summed E-state index contributed by atoms with van der Waals surface area (Å²) in [5.74, 6) is 0.609. The van der Waals surface area contributed by atoms with Gasteiger partial charge in [0.15, 0.2) is 0 Å². The van der Waals surface area contributed by atoms with Gasteiger partial charge in [-0.25, -0.2) is 4.98 Å². The van der Waals surface area contributed by atoms with Crippen molar-refractivity contribution in [2.45, 2.75) is 38.1 Å². The second kappa shape index (κ2) is 5.43. The highest BCUT2D eigenvalue weighted by molar-refractivity contribution is 7.11. The van der Waals surface area contributed by atoms with Gasteiger partial charge < -0.3 is 5.32 Å². The van der Waals surface area contributed by atoms with Crippen LogP contribution in [0.5, 0.6) is 0 Å². The Labute approximate surface area is 118 Å². The van der Waals surface area contributed by atoms with Crippen LogP contribution in [-0.4, -0.2) is 12.0 Å². The van der Waals surface area contributed by atoms with Gasteiger partial charge in [0.2, 0.25) is 0 Å². The summed E-state index contributed by atoms with van der Waals surface area (Å²) in [7, 11) is 2.00. The van der Waals surface area contributed by atoms with E-state index in [2.05, 4.69) is 41.5 Å². The van der Waals surface area contributed by atoms with Crippen molar-refractivity contribution in [2.24, 2.45) is 0 Å². The van der Waals surface area contributed by atoms with Crippen LogP contribution in [0.3, 0.4) is 0 Å². The molecule has 2 nitrogen and oxygen atoms in total. The molecule has 1 aliphatic carbocycles. The van der Waals surface area contributed by atoms with Crippen LogP contribution < -0.4 is 5.32 Å². The number of thiazole rings is 1. The zero-order valence-electron chi connectivity index (χ0n) is 11.5. The van der Waals surface area contributed by atoms with Gasteiger partial charge in [-0.15, -0.1) is 11.3 Å². The Bertz CT molecular complexity index is 561. The minimum absolute atomic E-state index is 0.405. The maximum atomic E-state index is 4.66. The number of nitrogens with zero attached hydrogens (tertiary/aromatic N) is 1. The number of hydrogen-bond acceptors (Lipinski definition) is 3. The van der Waals surface area contributed by atoms with E-state index >= 15 is 0 Å². The standard InChI is InChI=1S/C16H20N2S/c1-11(17-2)15-10-18-16(19-15)14-8-7-12-5-3-4-6-13(12)9-14/h3-6,10-11,14,17H,7-9H2,1-2H3. The van der Waals surface area contributed by atoms with Gasteiger partial charge >= 0.3 is 0 Å². The van der Waals surface area contributed by atoms with Gasteiger partial charge in [-0.3, -0.25) is 0 Å². The Morgan fingerprint density at radius 3 is 2.89 bits per heavy atom. The molecule has 0 saturated carbocycles. The summed E-state index contributed by atoms with van der Waals surface area (Å²) >= 11 is 1.87. The van der Waals surface area contributed by atoms with Crippen LogP contribution in [-0.2, 0) is 12.8 Å². The molecular formula is C16H20N2S. The minimum Gasteiger partial charge on any atom is -0.312 e. The Morgan fingerprint density at radius 2 is 2.11 bits per heavy atom. The summed E-state index contributed by atoms with van der Waals surface area (Å²) in [4.78, 5) is 6.00. The first kappa shape index (κ1) is 12.8. The van der Waals surface area contributed by atoms with Crippen LogP contribution in [0.1, 0.15) is 46.3 Å². The van der Waals surface area contributed by atoms with Crippen molar-refractivity contribution in [2.75, 3.05) is 7.05 Å². The van der Waals surface area contributed by atoms with E-state index in [4.69, 9.17) is 0 Å². The van der Waals surface area contributed by atoms with Gasteiger partial charge in [0.25, 0.3) is 0 Å². The van der Waals surface area contributed by atoms with Crippen molar-refractivity contribution >= 4 is 11.3 Å². The molecule has 0 saturated heterocycles. The fourth-order valence-corrected chi connectivity index (χ4v) is 3.86. The Hall–Kier alpha value is -1.19. The fraction of sp³-hybridized carbons (Fsp3) is 0.438. The maximum absolute atomic E-state index is 4.66. The van der Waals surface area contributed by atoms with Crippen LogP contribution in [0.25, 0.3) is 0 Å². The first-order chi connectivity index (χ1) is 9.28. The number of fused-ring (bicyclic) bond motifs is 1. The highest BCUT2D eigenvalue weighted by atomic mass is 32.1. The first-order valence-corrected chi connectivity index (χ1v) is 7.79. The smallest absolute Gasteiger partial charge is 0.0962 e. The quantitative estimate of drug-likeness (QED) is 0.921. The second-order valence-electron chi connectivity index (χ2n) is 5.32. The molecule has 0 spiro atoms. The number of hydrogen-bond donors (Lipinski definition) is 1. The summed E-state index contributed by atoms with van der Waals surface area (Å²) in [5, 5.41) is 4.60. The van der Waals surface area contributed by atoms with Crippen LogP contribution in [0.4, 0.5) is 0 Å². The van der Waals surface area contributed by atoms with Crippen molar-refractivity contribution in [1.82, 2.24) is 10.3 Å². The lowest BCUT2D eigenvalue weighted by Crippen LogP contribution is -2.12. The number of benzene rings is 1. The molecule has 1 aromatic heterocycles. The zero-order valence-corrected chi connectivity index (χ0v) is 12.3. The van der Waals surface area contributed by atoms with E-state index in [0.29, 0.717) is 12.0 Å². The highest BCUT2D eigenvalue weighted by Gasteiger charge is 2.22. The number of nitrogens with one attached hydrogen (secondary N) is 1. The summed E-state index contributed by atoms with van der Waals surface area (Å²) in [6, 6.07) is 9.24. The second-order valence-corrected chi connectivity index (χ2v) is 6.41. The highest BCUT2D eigenvalue weighted by Crippen LogP contribution is 2.35. The lowest BCUT2D eigenvalue weighted by Gasteiger charge is -2.22. The Balaban J connectivity index is 1.79. The molecule has 1 aliphatic rings. The molecule has 0 bridgehead atoms. The van der Waals surface area contributed by atoms with E-state index < -0.39 is 0 Å². The molecule has 19 heavy (non-hydrogen) atoms. The first-order valence-electron chi connectivity index (χ1n) is 6.97. The van der Waals surface area contributed by atoms with Gasteiger partial charge in [0.05, 0.1) is 5.01 Å². The van der Waals surface area contributed by atoms with Gasteiger partial charge in [0, 0.05) is 23.0 Å². The molecule has 0 amide bonds. The van der Waals surface area contributed by atoms with E-state index in [9.17, 15) is 0 Å². The monoisotopic (exact) mass is 272 g/mol. The molecule has 2 unspecified atom stereocenters. The van der Waals surface area contributed by atoms with E-state index in [1.165, 1.54) is 33.9 Å². The average Bonchev–Trinajstić information content (AvgIpc) is 2.95. The fourth-order valence-electron chi connectivity index (χ4n) is 2.74. The van der Waals surface area contributed by atoms with Crippen molar-refractivity contribution in [1.29, 1.82) is 0 Å². The third kappa shape index (κ3) is 2.58. The van der Waals surface area contributed by atoms with Gasteiger partial charge in [0.1, 0.15) is 0 Å². The molecular weight excluding hydrogens is 252 g/mol. The SMILES string of the molecule is CNC(C)c1cnc(C2CCc3ccccc3C2)s1. The molecule has 1 heterocycles. The molecule has 100 valence electrons. The van der Waals surface area contributed by atoms with Crippen LogP contribution >= 0.6 is 11.3 Å². The Morgan fingerprint density at radius 1 is 1.32 bits per heavy atom. The van der Waals surface area contributed by atoms with Crippen LogP contribution in [0.15, 0.2) is 30.5 Å². The van der Waals surface area contributed by atoms with E-state index in [0.717, 1.165) is 6.42 Å². The molecule has 2 aromatic rings. The van der Waals surface area contributed by atoms with Gasteiger partial charge in [-0.1, -0.05) is 24.3 Å². The molecule has 0 aliphatic heterocycles. The Kier molecular flexibility index (Phi) is 3.67. The average molecular weight is 272 g/mol. The number of aromatic nitrogens is 1.